The zero-order chi connectivity index (χ0) is 76.7. The Hall–Kier alpha value is -1.94. The molecule has 19 heteroatoms. The molecule has 7 atom stereocenters. The van der Waals surface area contributed by atoms with E-state index in [4.69, 9.17) is 37.0 Å². The topological polar surface area (TPSA) is 237 Å². The second-order valence-corrected chi connectivity index (χ2v) is 34.9. The third-order valence-electron chi connectivity index (χ3n) is 20.5. The number of hydrogen-bond acceptors (Lipinski definition) is 15. The number of carbonyl (C=O) groups excluding carboxylic acids is 4. The Bertz CT molecular complexity index is 2030. The van der Waals surface area contributed by atoms with Crippen molar-refractivity contribution in [3.63, 3.8) is 0 Å². The molecule has 0 saturated carbocycles. The molecule has 0 rings (SSSR count). The average Bonchev–Trinajstić information content (AvgIpc) is 0.911. The Morgan fingerprint density at radius 1 is 0.269 bits per heavy atom. The van der Waals surface area contributed by atoms with Crippen LogP contribution in [0.25, 0.3) is 0 Å². The minimum absolute atomic E-state index is 0.105. The Kier molecular flexibility index (Phi) is 72.5. The van der Waals surface area contributed by atoms with E-state index in [-0.39, 0.29) is 25.7 Å². The molecule has 0 bridgehead atoms. The standard InChI is InChI=1S/C85H166O17P2/c1-9-77(7)63-55-47-38-32-28-24-20-16-12-14-18-22-26-30-34-41-51-59-67-84(89)101-81(72-96-83(88)66-58-50-44-43-46-54-62-76(5)6)74-100-104(93,94)98-70-79(86)69-97-103(91,92)99-73-80(102-85(90)68-60-52-42-36-35-39-48-56-64-78(8)10-2)71-95-82(87)65-57-49-40-33-29-25-21-17-13-11-15-19-23-27-31-37-45-53-61-75(3)4/h75-81,86H,9-74H2,1-8H3,(H,91,92)(H,93,94)/t77?,78?,79-,80-,81-/m1/s1. The molecule has 0 spiro atoms. The lowest BCUT2D eigenvalue weighted by atomic mass is 9.99. The molecule has 0 aliphatic carbocycles. The number of carbonyl (C=O) groups is 4. The van der Waals surface area contributed by atoms with Crippen molar-refractivity contribution in [2.24, 2.45) is 23.7 Å². The minimum atomic E-state index is -4.96. The summed E-state index contributed by atoms with van der Waals surface area (Å²) in [7, 11) is -9.92. The van der Waals surface area contributed by atoms with Gasteiger partial charge in [-0.05, 0) is 49.4 Å². The largest absolute Gasteiger partial charge is 0.472 e. The Labute approximate surface area is 638 Å². The summed E-state index contributed by atoms with van der Waals surface area (Å²) in [6.07, 6.45) is 62.8. The van der Waals surface area contributed by atoms with Crippen LogP contribution in [0.5, 0.6) is 0 Å². The minimum Gasteiger partial charge on any atom is -0.462 e. The Morgan fingerprint density at radius 2 is 0.462 bits per heavy atom. The van der Waals surface area contributed by atoms with Crippen molar-refractivity contribution in [2.45, 2.75) is 459 Å². The predicted octanol–water partition coefficient (Wildman–Crippen LogP) is 25.6. The second-order valence-electron chi connectivity index (χ2n) is 32.0. The number of esters is 4. The number of hydrogen-bond donors (Lipinski definition) is 3. The highest BCUT2D eigenvalue weighted by molar-refractivity contribution is 7.47. The van der Waals surface area contributed by atoms with Crippen molar-refractivity contribution in [2.75, 3.05) is 39.6 Å². The van der Waals surface area contributed by atoms with E-state index in [2.05, 4.69) is 55.4 Å². The first kappa shape index (κ1) is 102. The molecule has 0 aromatic heterocycles. The van der Waals surface area contributed by atoms with Gasteiger partial charge in [0, 0.05) is 25.7 Å². The van der Waals surface area contributed by atoms with Gasteiger partial charge in [-0.2, -0.15) is 0 Å². The zero-order valence-electron chi connectivity index (χ0n) is 68.7. The van der Waals surface area contributed by atoms with Gasteiger partial charge in [-0.1, -0.05) is 389 Å². The van der Waals surface area contributed by atoms with Gasteiger partial charge in [0.2, 0.25) is 0 Å². The normalized spacial score (nSPS) is 14.5. The molecule has 618 valence electrons. The van der Waals surface area contributed by atoms with Crippen molar-refractivity contribution in [1.82, 2.24) is 0 Å². The van der Waals surface area contributed by atoms with Gasteiger partial charge in [0.05, 0.1) is 26.4 Å². The van der Waals surface area contributed by atoms with Crippen molar-refractivity contribution in [1.29, 1.82) is 0 Å². The van der Waals surface area contributed by atoms with Crippen molar-refractivity contribution >= 4 is 39.5 Å². The van der Waals surface area contributed by atoms with Crippen LogP contribution in [-0.2, 0) is 65.4 Å². The van der Waals surface area contributed by atoms with Crippen LogP contribution in [0.4, 0.5) is 0 Å². The second kappa shape index (κ2) is 73.8. The molecule has 0 saturated heterocycles. The summed E-state index contributed by atoms with van der Waals surface area (Å²) in [5.41, 5.74) is 0. The van der Waals surface area contributed by atoms with E-state index in [9.17, 15) is 43.2 Å². The summed E-state index contributed by atoms with van der Waals surface area (Å²) in [6, 6.07) is 0. The molecule has 0 aromatic carbocycles. The lowest BCUT2D eigenvalue weighted by molar-refractivity contribution is -0.161. The molecule has 0 fully saturated rings. The first-order valence-electron chi connectivity index (χ1n) is 43.8. The van der Waals surface area contributed by atoms with E-state index < -0.39 is 97.5 Å². The Morgan fingerprint density at radius 3 is 0.683 bits per heavy atom. The third kappa shape index (κ3) is 75.5. The average molecular weight is 1520 g/mol. The monoisotopic (exact) mass is 1520 g/mol. The van der Waals surface area contributed by atoms with Gasteiger partial charge in [0.15, 0.2) is 12.2 Å². The molecule has 0 amide bonds. The fraction of sp³-hybridized carbons (Fsp3) is 0.953. The van der Waals surface area contributed by atoms with Crippen LogP contribution in [0.1, 0.15) is 441 Å². The third-order valence-corrected chi connectivity index (χ3v) is 22.4. The maximum absolute atomic E-state index is 13.1. The SMILES string of the molecule is CCC(C)CCCCCCCCCCCCCCCCCCCCC(=O)O[C@H](COC(=O)CCCCCCCCC(C)C)COP(=O)(O)OC[C@H](O)COP(=O)(O)OC[C@@H](COC(=O)CCCCCCCCCCCCCCCCCCCCC(C)C)OC(=O)CCCCCCCCCCC(C)CC. The number of rotatable bonds is 82. The van der Waals surface area contributed by atoms with E-state index in [1.165, 1.54) is 238 Å². The van der Waals surface area contributed by atoms with Gasteiger partial charge in [0.25, 0.3) is 0 Å². The highest BCUT2D eigenvalue weighted by Crippen LogP contribution is 2.45. The van der Waals surface area contributed by atoms with E-state index in [1.54, 1.807) is 0 Å². The number of phosphoric acid groups is 2. The highest BCUT2D eigenvalue weighted by Gasteiger charge is 2.30. The van der Waals surface area contributed by atoms with Gasteiger partial charge in [-0.3, -0.25) is 37.3 Å². The predicted molar refractivity (Wildman–Crippen MR) is 428 cm³/mol. The molecular formula is C85H166O17P2. The summed E-state index contributed by atoms with van der Waals surface area (Å²) in [5.74, 6) is 1.03. The zero-order valence-corrected chi connectivity index (χ0v) is 70.5. The van der Waals surface area contributed by atoms with Gasteiger partial charge in [-0.25, -0.2) is 9.13 Å². The quantitative estimate of drug-likeness (QED) is 0.0222. The van der Waals surface area contributed by atoms with Gasteiger partial charge >= 0.3 is 39.5 Å². The van der Waals surface area contributed by atoms with E-state index in [1.807, 2.05) is 0 Å². The smallest absolute Gasteiger partial charge is 0.462 e. The first-order valence-corrected chi connectivity index (χ1v) is 46.8. The Balaban J connectivity index is 5.13. The maximum atomic E-state index is 13.1. The summed E-state index contributed by atoms with van der Waals surface area (Å²) < 4.78 is 68.8. The first-order chi connectivity index (χ1) is 50.2. The lowest BCUT2D eigenvalue weighted by Gasteiger charge is -2.21. The van der Waals surface area contributed by atoms with E-state index in [0.29, 0.717) is 31.6 Å². The van der Waals surface area contributed by atoms with Gasteiger partial charge < -0.3 is 33.8 Å². The van der Waals surface area contributed by atoms with Crippen LogP contribution in [0.15, 0.2) is 0 Å². The number of ether oxygens (including phenoxy) is 4. The summed E-state index contributed by atoms with van der Waals surface area (Å²) >= 11 is 0. The van der Waals surface area contributed by atoms with E-state index >= 15 is 0 Å². The van der Waals surface area contributed by atoms with Crippen LogP contribution in [-0.4, -0.2) is 96.7 Å². The van der Waals surface area contributed by atoms with Crippen molar-refractivity contribution < 1.29 is 80.2 Å². The molecule has 0 aromatic rings. The number of unbranched alkanes of at least 4 members (excludes halogenated alkanes) is 46. The van der Waals surface area contributed by atoms with Crippen LogP contribution in [0.2, 0.25) is 0 Å². The molecule has 0 heterocycles. The van der Waals surface area contributed by atoms with Crippen LogP contribution in [0.3, 0.4) is 0 Å². The van der Waals surface area contributed by atoms with Gasteiger partial charge in [0.1, 0.15) is 19.3 Å². The maximum Gasteiger partial charge on any atom is 0.472 e. The molecule has 4 unspecified atom stereocenters. The van der Waals surface area contributed by atoms with Crippen molar-refractivity contribution in [3.05, 3.63) is 0 Å². The molecule has 0 radical (unpaired) electrons. The molecule has 104 heavy (non-hydrogen) atoms. The summed E-state index contributed by atoms with van der Waals surface area (Å²) in [5, 5.41) is 10.7. The molecular weight excluding hydrogens is 1350 g/mol. The van der Waals surface area contributed by atoms with Crippen LogP contribution >= 0.6 is 15.6 Å². The highest BCUT2D eigenvalue weighted by atomic mass is 31.2. The molecule has 0 aliphatic rings. The summed E-state index contributed by atoms with van der Waals surface area (Å²) in [4.78, 5) is 73.1. The van der Waals surface area contributed by atoms with E-state index in [0.717, 1.165) is 114 Å². The number of phosphoric ester groups is 2. The summed E-state index contributed by atoms with van der Waals surface area (Å²) in [6.45, 7) is 14.3. The lowest BCUT2D eigenvalue weighted by Crippen LogP contribution is -2.30. The molecule has 0 aliphatic heterocycles. The number of aliphatic hydroxyl groups excluding tert-OH is 1. The molecule has 3 N–H and O–H groups in total. The van der Waals surface area contributed by atoms with Crippen LogP contribution < -0.4 is 0 Å². The number of aliphatic hydroxyl groups is 1. The molecule has 17 nitrogen and oxygen atoms in total. The fourth-order valence-electron chi connectivity index (χ4n) is 13.1. The van der Waals surface area contributed by atoms with Crippen LogP contribution in [0, 0.1) is 23.7 Å². The fourth-order valence-corrected chi connectivity index (χ4v) is 14.7. The van der Waals surface area contributed by atoms with Crippen molar-refractivity contribution in [3.8, 4) is 0 Å². The van der Waals surface area contributed by atoms with Gasteiger partial charge in [-0.15, -0.1) is 0 Å².